The fourth-order valence-corrected chi connectivity index (χ4v) is 3.70. The Balaban J connectivity index is 1.54. The maximum absolute atomic E-state index is 14.6. The number of hydrogen-bond donors (Lipinski definition) is 2. The van der Waals surface area contributed by atoms with Gasteiger partial charge in [0.05, 0.1) is 29.7 Å². The molecule has 1 saturated heterocycles. The SMILES string of the molecule is Cc1nsc(N)c1C(=O)Nc1ccc(O[C@@H]2CCN(C(=O)OC(C)(C)C)C[C@@H]2F)nc1. The molecule has 0 aromatic carbocycles. The molecule has 0 radical (unpaired) electrons. The molecule has 11 heteroatoms. The summed E-state index contributed by atoms with van der Waals surface area (Å²) < 4.78 is 29.6. The van der Waals surface area contributed by atoms with Crippen molar-refractivity contribution in [2.45, 2.75) is 52.0 Å². The Morgan fingerprint density at radius 1 is 1.35 bits per heavy atom. The second-order valence-corrected chi connectivity index (χ2v) is 9.04. The summed E-state index contributed by atoms with van der Waals surface area (Å²) in [7, 11) is 0. The van der Waals surface area contributed by atoms with E-state index in [1.54, 1.807) is 39.8 Å². The molecule has 1 aliphatic rings. The first-order valence-electron chi connectivity index (χ1n) is 9.81. The molecule has 3 rings (SSSR count). The Morgan fingerprint density at radius 2 is 2.10 bits per heavy atom. The van der Waals surface area contributed by atoms with Gasteiger partial charge in [0, 0.05) is 19.0 Å². The van der Waals surface area contributed by atoms with Gasteiger partial charge in [-0.3, -0.25) is 4.79 Å². The van der Waals surface area contributed by atoms with Crippen molar-refractivity contribution >= 4 is 34.2 Å². The number of rotatable bonds is 4. The zero-order valence-electron chi connectivity index (χ0n) is 17.8. The van der Waals surface area contributed by atoms with Crippen LogP contribution < -0.4 is 15.8 Å². The zero-order chi connectivity index (χ0) is 22.8. The highest BCUT2D eigenvalue weighted by Gasteiger charge is 2.35. The van der Waals surface area contributed by atoms with Crippen LogP contribution in [0.2, 0.25) is 0 Å². The summed E-state index contributed by atoms with van der Waals surface area (Å²) in [6, 6.07) is 3.15. The van der Waals surface area contributed by atoms with Crippen LogP contribution in [0.3, 0.4) is 0 Å². The summed E-state index contributed by atoms with van der Waals surface area (Å²) >= 11 is 1.06. The van der Waals surface area contributed by atoms with E-state index in [1.807, 2.05) is 0 Å². The highest BCUT2D eigenvalue weighted by atomic mass is 32.1. The molecule has 168 valence electrons. The van der Waals surface area contributed by atoms with Gasteiger partial charge < -0.3 is 25.4 Å². The molecule has 2 aromatic heterocycles. The molecule has 2 aromatic rings. The average molecular weight is 452 g/mol. The minimum absolute atomic E-state index is 0.108. The van der Waals surface area contributed by atoms with Crippen molar-refractivity contribution in [1.29, 1.82) is 0 Å². The van der Waals surface area contributed by atoms with Crippen LogP contribution >= 0.6 is 11.5 Å². The number of pyridine rings is 1. The van der Waals surface area contributed by atoms with Crippen molar-refractivity contribution < 1.29 is 23.5 Å². The zero-order valence-corrected chi connectivity index (χ0v) is 18.7. The number of nitrogen functional groups attached to an aromatic ring is 1. The van der Waals surface area contributed by atoms with Gasteiger partial charge in [-0.1, -0.05) is 0 Å². The van der Waals surface area contributed by atoms with Crippen LogP contribution in [-0.2, 0) is 4.74 Å². The van der Waals surface area contributed by atoms with Gasteiger partial charge in [-0.05, 0) is 45.3 Å². The lowest BCUT2D eigenvalue weighted by Gasteiger charge is -2.35. The predicted molar refractivity (Wildman–Crippen MR) is 115 cm³/mol. The number of nitrogens with two attached hydrogens (primary N) is 1. The Morgan fingerprint density at radius 3 is 2.65 bits per heavy atom. The predicted octanol–water partition coefficient (Wildman–Crippen LogP) is 3.41. The third-order valence-electron chi connectivity index (χ3n) is 4.52. The van der Waals surface area contributed by atoms with Crippen LogP contribution in [-0.4, -0.2) is 57.2 Å². The van der Waals surface area contributed by atoms with Crippen LogP contribution in [0.1, 0.15) is 43.2 Å². The van der Waals surface area contributed by atoms with E-state index in [2.05, 4.69) is 14.7 Å². The first-order valence-corrected chi connectivity index (χ1v) is 10.6. The first-order chi connectivity index (χ1) is 14.5. The van der Waals surface area contributed by atoms with E-state index in [0.717, 1.165) is 11.5 Å². The number of likely N-dealkylation sites (tertiary alicyclic amines) is 1. The van der Waals surface area contributed by atoms with Crippen molar-refractivity contribution in [3.8, 4) is 5.88 Å². The number of alkyl halides is 1. The molecule has 9 nitrogen and oxygen atoms in total. The van der Waals surface area contributed by atoms with E-state index in [-0.39, 0.29) is 18.3 Å². The minimum Gasteiger partial charge on any atom is -0.471 e. The van der Waals surface area contributed by atoms with Crippen LogP contribution in [0.25, 0.3) is 0 Å². The maximum Gasteiger partial charge on any atom is 0.410 e. The van der Waals surface area contributed by atoms with E-state index in [4.69, 9.17) is 15.2 Å². The molecule has 2 atom stereocenters. The Hall–Kier alpha value is -2.95. The van der Waals surface area contributed by atoms with Gasteiger partial charge in [-0.2, -0.15) is 4.37 Å². The Labute approximate surface area is 183 Å². The molecule has 1 fully saturated rings. The van der Waals surface area contributed by atoms with E-state index < -0.39 is 24.0 Å². The molecule has 0 unspecified atom stereocenters. The number of ether oxygens (including phenoxy) is 2. The van der Waals surface area contributed by atoms with Crippen molar-refractivity contribution in [3.63, 3.8) is 0 Å². The molecular weight excluding hydrogens is 425 g/mol. The lowest BCUT2D eigenvalue weighted by molar-refractivity contribution is -0.0114. The third-order valence-corrected chi connectivity index (χ3v) is 5.28. The molecule has 2 amide bonds. The molecule has 0 spiro atoms. The molecule has 1 aliphatic heterocycles. The van der Waals surface area contributed by atoms with Gasteiger partial charge in [0.15, 0.2) is 6.17 Å². The smallest absolute Gasteiger partial charge is 0.410 e. The third kappa shape index (κ3) is 5.81. The van der Waals surface area contributed by atoms with Gasteiger partial charge >= 0.3 is 6.09 Å². The Kier molecular flexibility index (Phi) is 6.63. The van der Waals surface area contributed by atoms with Gasteiger partial charge in [0.1, 0.15) is 16.7 Å². The molecule has 0 bridgehead atoms. The Bertz CT molecular complexity index is 925. The number of hydrogen-bond acceptors (Lipinski definition) is 8. The van der Waals surface area contributed by atoms with Gasteiger partial charge in [-0.15, -0.1) is 0 Å². The lowest BCUT2D eigenvalue weighted by atomic mass is 10.1. The van der Waals surface area contributed by atoms with Crippen LogP contribution in [0.5, 0.6) is 5.88 Å². The summed E-state index contributed by atoms with van der Waals surface area (Å²) in [6.07, 6.45) is -0.916. The fourth-order valence-electron chi connectivity index (χ4n) is 3.04. The molecular formula is C20H26FN5O4S. The number of amides is 2. The highest BCUT2D eigenvalue weighted by Crippen LogP contribution is 2.24. The highest BCUT2D eigenvalue weighted by molar-refractivity contribution is 7.10. The minimum atomic E-state index is -1.38. The lowest BCUT2D eigenvalue weighted by Crippen LogP contribution is -2.50. The summed E-state index contributed by atoms with van der Waals surface area (Å²) in [5, 5.41) is 3.04. The molecule has 3 heterocycles. The number of piperidine rings is 1. The fraction of sp³-hybridized carbons (Fsp3) is 0.500. The summed E-state index contributed by atoms with van der Waals surface area (Å²) in [6.45, 7) is 7.21. The molecule has 31 heavy (non-hydrogen) atoms. The largest absolute Gasteiger partial charge is 0.471 e. The normalized spacial score (nSPS) is 19.1. The summed E-state index contributed by atoms with van der Waals surface area (Å²) in [5.41, 5.74) is 6.48. The number of nitrogens with one attached hydrogen (secondary N) is 1. The van der Waals surface area contributed by atoms with Gasteiger partial charge in [-0.25, -0.2) is 14.2 Å². The quantitative estimate of drug-likeness (QED) is 0.731. The average Bonchev–Trinajstić information content (AvgIpc) is 3.02. The maximum atomic E-state index is 14.6. The number of carbonyl (C=O) groups is 2. The van der Waals surface area contributed by atoms with E-state index in [1.165, 1.54) is 11.1 Å². The van der Waals surface area contributed by atoms with Gasteiger partial charge in [0.25, 0.3) is 5.91 Å². The summed E-state index contributed by atoms with van der Waals surface area (Å²) in [4.78, 5) is 30.0. The number of halogens is 1. The topological polar surface area (TPSA) is 120 Å². The van der Waals surface area contributed by atoms with E-state index in [0.29, 0.717) is 34.9 Å². The summed E-state index contributed by atoms with van der Waals surface area (Å²) in [5.74, 6) is -0.151. The van der Waals surface area contributed by atoms with Crippen molar-refractivity contribution in [2.75, 3.05) is 24.1 Å². The number of nitrogens with zero attached hydrogens (tertiary/aromatic N) is 3. The molecule has 0 saturated carbocycles. The standard InChI is InChI=1S/C20H26FN5O4S/c1-11-16(17(22)31-25-11)18(27)24-12-5-6-15(23-9-12)29-14-7-8-26(10-13(14)21)19(28)30-20(2,3)4/h5-6,9,13-14H,7-8,10,22H2,1-4H3,(H,24,27)/t13-,14+/m0/s1. The second-order valence-electron chi connectivity index (χ2n) is 8.23. The van der Waals surface area contributed by atoms with Crippen molar-refractivity contribution in [1.82, 2.24) is 14.3 Å². The van der Waals surface area contributed by atoms with Crippen LogP contribution in [0.4, 0.5) is 19.9 Å². The van der Waals surface area contributed by atoms with Crippen LogP contribution in [0, 0.1) is 6.92 Å². The molecule has 3 N–H and O–H groups in total. The number of carbonyl (C=O) groups excluding carboxylic acids is 2. The van der Waals surface area contributed by atoms with Crippen molar-refractivity contribution in [2.24, 2.45) is 0 Å². The van der Waals surface area contributed by atoms with Crippen LogP contribution in [0.15, 0.2) is 18.3 Å². The van der Waals surface area contributed by atoms with E-state index >= 15 is 0 Å². The number of anilines is 2. The number of aromatic nitrogens is 2. The van der Waals surface area contributed by atoms with Gasteiger partial charge in [0.2, 0.25) is 5.88 Å². The van der Waals surface area contributed by atoms with Crippen molar-refractivity contribution in [3.05, 3.63) is 29.6 Å². The number of aryl methyl sites for hydroxylation is 1. The van der Waals surface area contributed by atoms with E-state index in [9.17, 15) is 14.0 Å². The second kappa shape index (κ2) is 9.04. The molecule has 0 aliphatic carbocycles. The monoisotopic (exact) mass is 451 g/mol. The first kappa shape index (κ1) is 22.7.